The van der Waals surface area contributed by atoms with Gasteiger partial charge in [-0.05, 0) is 52.3 Å². The first kappa shape index (κ1) is 30.0. The molecule has 5 aromatic rings. The highest BCUT2D eigenvalue weighted by molar-refractivity contribution is 6.10. The molecule has 0 saturated carbocycles. The first-order chi connectivity index (χ1) is 21.8. The molecule has 45 heavy (non-hydrogen) atoms. The SMILES string of the molecule is COc1ccc(C(C)(C)C)cc1NC(=O)Nc1ccc(-c2ccc(CN3CCN(c4ncccn4)CC3)nc2)c2ccccc12. The second kappa shape index (κ2) is 12.9. The van der Waals surface area contributed by atoms with Crippen LogP contribution in [0.5, 0.6) is 5.75 Å². The lowest BCUT2D eigenvalue weighted by Gasteiger charge is -2.34. The molecule has 0 unspecified atom stereocenters. The highest BCUT2D eigenvalue weighted by Crippen LogP contribution is 2.34. The molecule has 1 aliphatic heterocycles. The van der Waals surface area contributed by atoms with E-state index in [1.54, 1.807) is 19.5 Å². The maximum atomic E-state index is 13.2. The molecule has 0 aliphatic carbocycles. The van der Waals surface area contributed by atoms with Gasteiger partial charge in [0.05, 0.1) is 24.2 Å². The van der Waals surface area contributed by atoms with E-state index >= 15 is 0 Å². The molecule has 230 valence electrons. The summed E-state index contributed by atoms with van der Waals surface area (Å²) in [5.41, 5.74) is 5.52. The molecule has 9 heteroatoms. The van der Waals surface area contributed by atoms with Gasteiger partial charge in [-0.25, -0.2) is 14.8 Å². The molecule has 0 bridgehead atoms. The van der Waals surface area contributed by atoms with Gasteiger partial charge in [-0.15, -0.1) is 0 Å². The van der Waals surface area contributed by atoms with E-state index in [0.717, 1.165) is 77.5 Å². The number of piperazine rings is 1. The van der Waals surface area contributed by atoms with Crippen molar-refractivity contribution in [3.63, 3.8) is 0 Å². The number of hydrogen-bond donors (Lipinski definition) is 2. The molecule has 0 atom stereocenters. The number of amides is 2. The number of anilines is 3. The fraction of sp³-hybridized carbons (Fsp3) is 0.278. The standard InChI is InChI=1S/C36H39N7O2/c1-36(2,3)26-11-15-33(45-4)32(22-26)41-35(44)40-31-14-13-28(29-8-5-6-9-30(29)31)25-10-12-27(39-23-25)24-42-18-20-43(21-19-42)34-37-16-7-17-38-34/h5-17,22-23H,18-21,24H2,1-4H3,(H2,40,41,44). The number of carbonyl (C=O) groups excluding carboxylic acids is 1. The third kappa shape index (κ3) is 6.89. The third-order valence-electron chi connectivity index (χ3n) is 8.21. The van der Waals surface area contributed by atoms with Crippen LogP contribution in [0.4, 0.5) is 22.1 Å². The van der Waals surface area contributed by atoms with E-state index in [9.17, 15) is 4.79 Å². The Labute approximate surface area is 264 Å². The number of nitrogens with zero attached hydrogens (tertiary/aromatic N) is 5. The smallest absolute Gasteiger partial charge is 0.323 e. The molecular weight excluding hydrogens is 562 g/mol. The van der Waals surface area contributed by atoms with Crippen molar-refractivity contribution in [3.05, 3.63) is 103 Å². The Kier molecular flexibility index (Phi) is 8.62. The van der Waals surface area contributed by atoms with E-state index in [1.807, 2.05) is 60.8 Å². The van der Waals surface area contributed by atoms with Crippen LogP contribution in [0.25, 0.3) is 21.9 Å². The van der Waals surface area contributed by atoms with Crippen LogP contribution < -0.4 is 20.3 Å². The van der Waals surface area contributed by atoms with Gasteiger partial charge in [0.15, 0.2) is 0 Å². The number of urea groups is 1. The van der Waals surface area contributed by atoms with Crippen molar-refractivity contribution < 1.29 is 9.53 Å². The van der Waals surface area contributed by atoms with Crippen LogP contribution in [0.3, 0.4) is 0 Å². The minimum atomic E-state index is -0.333. The molecule has 1 saturated heterocycles. The monoisotopic (exact) mass is 601 g/mol. The zero-order valence-corrected chi connectivity index (χ0v) is 26.2. The fourth-order valence-electron chi connectivity index (χ4n) is 5.67. The van der Waals surface area contributed by atoms with E-state index in [1.165, 1.54) is 0 Å². The molecule has 9 nitrogen and oxygen atoms in total. The summed E-state index contributed by atoms with van der Waals surface area (Å²) in [6.07, 6.45) is 5.52. The van der Waals surface area contributed by atoms with Crippen molar-refractivity contribution in [2.24, 2.45) is 0 Å². The van der Waals surface area contributed by atoms with Gasteiger partial charge in [0.1, 0.15) is 5.75 Å². The maximum absolute atomic E-state index is 13.2. The predicted octanol–water partition coefficient (Wildman–Crippen LogP) is 6.96. The van der Waals surface area contributed by atoms with Gasteiger partial charge >= 0.3 is 6.03 Å². The lowest BCUT2D eigenvalue weighted by molar-refractivity contribution is 0.246. The molecule has 1 aliphatic rings. The third-order valence-corrected chi connectivity index (χ3v) is 8.21. The summed E-state index contributed by atoms with van der Waals surface area (Å²) < 4.78 is 5.51. The van der Waals surface area contributed by atoms with E-state index < -0.39 is 0 Å². The van der Waals surface area contributed by atoms with Gasteiger partial charge in [0.2, 0.25) is 5.95 Å². The number of nitrogens with one attached hydrogen (secondary N) is 2. The van der Waals surface area contributed by atoms with Crippen molar-refractivity contribution in [1.82, 2.24) is 19.9 Å². The first-order valence-electron chi connectivity index (χ1n) is 15.3. The fourth-order valence-corrected chi connectivity index (χ4v) is 5.67. The number of pyridine rings is 1. The van der Waals surface area contributed by atoms with Crippen LogP contribution in [-0.4, -0.2) is 59.2 Å². The summed E-state index contributed by atoms with van der Waals surface area (Å²) in [6, 6.07) is 23.7. The Morgan fingerprint density at radius 2 is 1.56 bits per heavy atom. The minimum absolute atomic E-state index is 0.0633. The number of hydrogen-bond acceptors (Lipinski definition) is 7. The van der Waals surface area contributed by atoms with Crippen LogP contribution >= 0.6 is 0 Å². The molecule has 6 rings (SSSR count). The maximum Gasteiger partial charge on any atom is 0.323 e. The van der Waals surface area contributed by atoms with Crippen LogP contribution in [0.1, 0.15) is 32.0 Å². The minimum Gasteiger partial charge on any atom is -0.495 e. The molecule has 2 aromatic heterocycles. The Balaban J connectivity index is 1.14. The van der Waals surface area contributed by atoms with Crippen LogP contribution in [0.15, 0.2) is 91.4 Å². The summed E-state index contributed by atoms with van der Waals surface area (Å²) in [5, 5.41) is 8.02. The van der Waals surface area contributed by atoms with Crippen molar-refractivity contribution in [3.8, 4) is 16.9 Å². The summed E-state index contributed by atoms with van der Waals surface area (Å²) in [5.74, 6) is 1.40. The second-order valence-electron chi connectivity index (χ2n) is 12.3. The zero-order chi connectivity index (χ0) is 31.4. The van der Waals surface area contributed by atoms with Gasteiger partial charge in [0.25, 0.3) is 0 Å². The highest BCUT2D eigenvalue weighted by atomic mass is 16.5. The van der Waals surface area contributed by atoms with Crippen molar-refractivity contribution in [2.75, 3.05) is 48.8 Å². The summed E-state index contributed by atoms with van der Waals surface area (Å²) in [4.78, 5) is 31.4. The molecule has 3 aromatic carbocycles. The highest BCUT2D eigenvalue weighted by Gasteiger charge is 2.20. The van der Waals surface area contributed by atoms with Gasteiger partial charge in [-0.3, -0.25) is 9.88 Å². The van der Waals surface area contributed by atoms with E-state index in [4.69, 9.17) is 9.72 Å². The lowest BCUT2D eigenvalue weighted by Crippen LogP contribution is -2.46. The first-order valence-corrected chi connectivity index (χ1v) is 15.3. The molecule has 3 heterocycles. The molecule has 0 radical (unpaired) electrons. The quantitative estimate of drug-likeness (QED) is 0.208. The molecular formula is C36H39N7O2. The Morgan fingerprint density at radius 3 is 2.24 bits per heavy atom. The molecule has 0 spiro atoms. The second-order valence-corrected chi connectivity index (χ2v) is 12.3. The summed E-state index contributed by atoms with van der Waals surface area (Å²) in [7, 11) is 1.60. The number of ether oxygens (including phenoxy) is 1. The van der Waals surface area contributed by atoms with E-state index in [2.05, 4.69) is 69.4 Å². The predicted molar refractivity (Wildman–Crippen MR) is 181 cm³/mol. The molecule has 2 amide bonds. The molecule has 1 fully saturated rings. The van der Waals surface area contributed by atoms with Gasteiger partial charge < -0.3 is 20.3 Å². The van der Waals surface area contributed by atoms with Crippen molar-refractivity contribution in [2.45, 2.75) is 32.7 Å². The van der Waals surface area contributed by atoms with Crippen LogP contribution in [0.2, 0.25) is 0 Å². The summed E-state index contributed by atoms with van der Waals surface area (Å²) >= 11 is 0. The van der Waals surface area contributed by atoms with Gasteiger partial charge in [-0.1, -0.05) is 63.2 Å². The number of fused-ring (bicyclic) bond motifs is 1. The van der Waals surface area contributed by atoms with Crippen molar-refractivity contribution in [1.29, 1.82) is 0 Å². The zero-order valence-electron chi connectivity index (χ0n) is 26.2. The summed E-state index contributed by atoms with van der Waals surface area (Å²) in [6.45, 7) is 10.9. The molecule has 2 N–H and O–H groups in total. The average Bonchev–Trinajstić information content (AvgIpc) is 3.06. The Bertz CT molecular complexity index is 1780. The number of carbonyl (C=O) groups is 1. The van der Waals surface area contributed by atoms with Crippen LogP contribution in [0, 0.1) is 0 Å². The van der Waals surface area contributed by atoms with Crippen LogP contribution in [-0.2, 0) is 12.0 Å². The number of rotatable bonds is 7. The normalized spacial score (nSPS) is 13.9. The average molecular weight is 602 g/mol. The van der Waals surface area contributed by atoms with E-state index in [-0.39, 0.29) is 11.4 Å². The van der Waals surface area contributed by atoms with Crippen molar-refractivity contribution >= 4 is 34.1 Å². The Morgan fingerprint density at radius 1 is 0.822 bits per heavy atom. The number of benzene rings is 3. The Hall–Kier alpha value is -5.02. The van der Waals surface area contributed by atoms with E-state index in [0.29, 0.717) is 11.4 Å². The number of aromatic nitrogens is 3. The largest absolute Gasteiger partial charge is 0.495 e. The lowest BCUT2D eigenvalue weighted by atomic mass is 9.87. The number of methoxy groups -OCH3 is 1. The van der Waals surface area contributed by atoms with Gasteiger partial charge in [0, 0.05) is 62.3 Å². The van der Waals surface area contributed by atoms with Gasteiger partial charge in [-0.2, -0.15) is 0 Å². The topological polar surface area (TPSA) is 95.5 Å².